The summed E-state index contributed by atoms with van der Waals surface area (Å²) in [5, 5.41) is 3.54. The predicted molar refractivity (Wildman–Crippen MR) is 92.4 cm³/mol. The van der Waals surface area contributed by atoms with Crippen LogP contribution in [-0.4, -0.2) is 37.5 Å². The molecule has 1 rings (SSSR count). The minimum atomic E-state index is -0.0503. The maximum Gasteiger partial charge on any atom is 0.238 e. The first-order valence-electron chi connectivity index (χ1n) is 6.69. The van der Waals surface area contributed by atoms with Gasteiger partial charge in [0.1, 0.15) is 0 Å². The predicted octanol–water partition coefficient (Wildman–Crippen LogP) is 2.93. The van der Waals surface area contributed by atoms with E-state index in [-0.39, 0.29) is 23.7 Å². The van der Waals surface area contributed by atoms with Crippen LogP contribution >= 0.6 is 24.0 Å². The van der Waals surface area contributed by atoms with Crippen molar-refractivity contribution in [3.05, 3.63) is 28.8 Å². The number of halogens is 2. The van der Waals surface area contributed by atoms with Crippen molar-refractivity contribution in [1.29, 1.82) is 0 Å². The van der Waals surface area contributed by atoms with Crippen LogP contribution in [0, 0.1) is 12.3 Å². The lowest BCUT2D eigenvalue weighted by Gasteiger charge is -2.28. The summed E-state index contributed by atoms with van der Waals surface area (Å²) in [6, 6.07) is 5.48. The molecule has 1 aromatic carbocycles. The van der Waals surface area contributed by atoms with Crippen LogP contribution in [0.5, 0.6) is 0 Å². The molecule has 0 fully saturated rings. The van der Waals surface area contributed by atoms with Gasteiger partial charge >= 0.3 is 0 Å². The van der Waals surface area contributed by atoms with Crippen LogP contribution in [0.2, 0.25) is 5.02 Å². The average Bonchev–Trinajstić information content (AvgIpc) is 2.34. The highest BCUT2D eigenvalue weighted by molar-refractivity contribution is 6.31. The van der Waals surface area contributed by atoms with Crippen molar-refractivity contribution in [2.75, 3.05) is 32.0 Å². The topological polar surface area (TPSA) is 58.4 Å². The molecule has 0 heterocycles. The summed E-state index contributed by atoms with van der Waals surface area (Å²) in [5.41, 5.74) is 7.34. The zero-order chi connectivity index (χ0) is 15.3. The number of benzene rings is 1. The Hall–Kier alpha value is -0.810. The lowest BCUT2D eigenvalue weighted by atomic mass is 9.93. The third-order valence-electron chi connectivity index (χ3n) is 3.21. The van der Waals surface area contributed by atoms with Gasteiger partial charge in [0.15, 0.2) is 0 Å². The Balaban J connectivity index is 0.00000400. The van der Waals surface area contributed by atoms with Gasteiger partial charge in [0.2, 0.25) is 5.91 Å². The molecule has 0 aromatic heterocycles. The number of carbonyl (C=O) groups excluding carboxylic acids is 1. The van der Waals surface area contributed by atoms with Gasteiger partial charge < -0.3 is 11.1 Å². The minimum Gasteiger partial charge on any atom is -0.330 e. The number of hydrogen-bond acceptors (Lipinski definition) is 3. The first-order chi connectivity index (χ1) is 9.25. The molecule has 1 amide bonds. The quantitative estimate of drug-likeness (QED) is 0.841. The highest BCUT2D eigenvalue weighted by Gasteiger charge is 2.19. The first-order valence-corrected chi connectivity index (χ1v) is 7.06. The highest BCUT2D eigenvalue weighted by Crippen LogP contribution is 2.22. The molecule has 6 heteroatoms. The van der Waals surface area contributed by atoms with Gasteiger partial charge in [-0.1, -0.05) is 31.5 Å². The number of nitrogens with one attached hydrogen (secondary N) is 1. The van der Waals surface area contributed by atoms with E-state index in [1.165, 1.54) is 0 Å². The van der Waals surface area contributed by atoms with Crippen molar-refractivity contribution in [2.45, 2.75) is 20.8 Å². The fourth-order valence-corrected chi connectivity index (χ4v) is 2.20. The Labute approximate surface area is 138 Å². The molecule has 0 aliphatic rings. The molecule has 0 saturated heterocycles. The molecule has 0 unspecified atom stereocenters. The summed E-state index contributed by atoms with van der Waals surface area (Å²) >= 11 is 6.03. The number of carbonyl (C=O) groups is 1. The SMILES string of the molecule is Cc1c(Cl)cccc1NC(=O)CN(C)CC(C)(C)CN.Cl. The van der Waals surface area contributed by atoms with Crippen LogP contribution in [0.3, 0.4) is 0 Å². The van der Waals surface area contributed by atoms with Crippen LogP contribution in [-0.2, 0) is 4.79 Å². The van der Waals surface area contributed by atoms with Gasteiger partial charge in [-0.25, -0.2) is 0 Å². The molecular formula is C15H25Cl2N3O. The molecule has 21 heavy (non-hydrogen) atoms. The number of amides is 1. The van der Waals surface area contributed by atoms with Gasteiger partial charge in [0.05, 0.1) is 6.54 Å². The Bertz CT molecular complexity index is 478. The number of nitrogens with zero attached hydrogens (tertiary/aromatic N) is 1. The standard InChI is InChI=1S/C15H24ClN3O.ClH/c1-11-12(16)6-5-7-13(11)18-14(20)8-19(4)10-15(2,3)9-17;/h5-7H,8-10,17H2,1-4H3,(H,18,20);1H. The van der Waals surface area contributed by atoms with E-state index in [9.17, 15) is 4.79 Å². The van der Waals surface area contributed by atoms with Crippen LogP contribution in [0.4, 0.5) is 5.69 Å². The Morgan fingerprint density at radius 3 is 2.62 bits per heavy atom. The van der Waals surface area contributed by atoms with Crippen molar-refractivity contribution >= 4 is 35.6 Å². The normalized spacial score (nSPS) is 11.2. The molecule has 1 aromatic rings. The highest BCUT2D eigenvalue weighted by atomic mass is 35.5. The second kappa shape index (κ2) is 8.59. The molecular weight excluding hydrogens is 309 g/mol. The number of likely N-dealkylation sites (N-methyl/N-ethyl adjacent to an activating group) is 1. The lowest BCUT2D eigenvalue weighted by molar-refractivity contribution is -0.117. The lowest BCUT2D eigenvalue weighted by Crippen LogP contribution is -2.40. The molecule has 0 aliphatic heterocycles. The Morgan fingerprint density at radius 2 is 2.05 bits per heavy atom. The van der Waals surface area contributed by atoms with Crippen LogP contribution < -0.4 is 11.1 Å². The molecule has 0 aliphatic carbocycles. The van der Waals surface area contributed by atoms with Crippen LogP contribution in [0.15, 0.2) is 18.2 Å². The maximum absolute atomic E-state index is 12.0. The van der Waals surface area contributed by atoms with Crippen molar-refractivity contribution in [2.24, 2.45) is 11.1 Å². The van der Waals surface area contributed by atoms with Crippen molar-refractivity contribution < 1.29 is 4.79 Å². The number of hydrogen-bond donors (Lipinski definition) is 2. The molecule has 0 atom stereocenters. The smallest absolute Gasteiger partial charge is 0.238 e. The first kappa shape index (κ1) is 20.2. The third-order valence-corrected chi connectivity index (χ3v) is 3.62. The molecule has 0 spiro atoms. The fourth-order valence-electron chi connectivity index (χ4n) is 2.03. The Kier molecular flexibility index (Phi) is 8.26. The summed E-state index contributed by atoms with van der Waals surface area (Å²) in [6.45, 7) is 7.75. The summed E-state index contributed by atoms with van der Waals surface area (Å²) in [6.07, 6.45) is 0. The van der Waals surface area contributed by atoms with E-state index in [4.69, 9.17) is 17.3 Å². The molecule has 0 radical (unpaired) electrons. The van der Waals surface area contributed by atoms with E-state index in [0.717, 1.165) is 17.8 Å². The van der Waals surface area contributed by atoms with E-state index < -0.39 is 0 Å². The van der Waals surface area contributed by atoms with Crippen LogP contribution in [0.1, 0.15) is 19.4 Å². The van der Waals surface area contributed by atoms with E-state index in [0.29, 0.717) is 18.1 Å². The van der Waals surface area contributed by atoms with E-state index in [2.05, 4.69) is 19.2 Å². The fraction of sp³-hybridized carbons (Fsp3) is 0.533. The van der Waals surface area contributed by atoms with E-state index in [1.54, 1.807) is 0 Å². The van der Waals surface area contributed by atoms with Gasteiger partial charge in [-0.05, 0) is 43.6 Å². The van der Waals surface area contributed by atoms with E-state index >= 15 is 0 Å². The second-order valence-electron chi connectivity index (χ2n) is 6.00. The number of rotatable bonds is 6. The van der Waals surface area contributed by atoms with Gasteiger partial charge in [0, 0.05) is 17.3 Å². The van der Waals surface area contributed by atoms with Crippen LogP contribution in [0.25, 0.3) is 0 Å². The number of anilines is 1. The zero-order valence-corrected chi connectivity index (χ0v) is 14.6. The molecule has 4 nitrogen and oxygen atoms in total. The summed E-state index contributed by atoms with van der Waals surface area (Å²) in [5.74, 6) is -0.0503. The summed E-state index contributed by atoms with van der Waals surface area (Å²) < 4.78 is 0. The summed E-state index contributed by atoms with van der Waals surface area (Å²) in [4.78, 5) is 14.0. The largest absolute Gasteiger partial charge is 0.330 e. The van der Waals surface area contributed by atoms with Gasteiger partial charge in [-0.2, -0.15) is 0 Å². The molecule has 3 N–H and O–H groups in total. The monoisotopic (exact) mass is 333 g/mol. The second-order valence-corrected chi connectivity index (χ2v) is 6.41. The molecule has 0 saturated carbocycles. The van der Waals surface area contributed by atoms with Crippen molar-refractivity contribution in [3.8, 4) is 0 Å². The van der Waals surface area contributed by atoms with Crippen molar-refractivity contribution in [1.82, 2.24) is 4.90 Å². The zero-order valence-electron chi connectivity index (χ0n) is 13.1. The summed E-state index contributed by atoms with van der Waals surface area (Å²) in [7, 11) is 1.92. The van der Waals surface area contributed by atoms with E-state index in [1.807, 2.05) is 37.1 Å². The Morgan fingerprint density at radius 1 is 1.43 bits per heavy atom. The third kappa shape index (κ3) is 6.66. The minimum absolute atomic E-state index is 0. The maximum atomic E-state index is 12.0. The van der Waals surface area contributed by atoms with Crippen molar-refractivity contribution in [3.63, 3.8) is 0 Å². The van der Waals surface area contributed by atoms with Gasteiger partial charge in [0.25, 0.3) is 0 Å². The number of nitrogens with two attached hydrogens (primary N) is 1. The van der Waals surface area contributed by atoms with Gasteiger partial charge in [-0.3, -0.25) is 9.69 Å². The molecule has 120 valence electrons. The van der Waals surface area contributed by atoms with Gasteiger partial charge in [-0.15, -0.1) is 12.4 Å². The molecule has 0 bridgehead atoms. The average molecular weight is 334 g/mol.